The Labute approximate surface area is 330 Å². The monoisotopic (exact) mass is 817 g/mol. The van der Waals surface area contributed by atoms with Gasteiger partial charge in [-0.2, -0.15) is 0 Å². The number of amides is 5. The van der Waals surface area contributed by atoms with E-state index in [1.54, 1.807) is 39.0 Å². The first kappa shape index (κ1) is 40.3. The Kier molecular flexibility index (Phi) is 11.7. The fourth-order valence-corrected chi connectivity index (χ4v) is 8.65. The molecular weight excluding hydrogens is 773 g/mol. The van der Waals surface area contributed by atoms with Gasteiger partial charge < -0.3 is 25.0 Å². The second-order valence-corrected chi connectivity index (χ2v) is 17.9. The molecule has 14 nitrogen and oxygen atoms in total. The van der Waals surface area contributed by atoms with E-state index in [9.17, 15) is 32.4 Å². The number of alkyl carbamates (subject to hydrolysis) is 1. The number of fused-ring (bicyclic) bond motifs is 3. The van der Waals surface area contributed by atoms with E-state index in [4.69, 9.17) is 32.7 Å². The van der Waals surface area contributed by atoms with Crippen molar-refractivity contribution in [1.29, 1.82) is 0 Å². The lowest BCUT2D eigenvalue weighted by Gasteiger charge is -2.30. The first-order valence-corrected chi connectivity index (χ1v) is 20.5. The molecular formula is C38H45Cl2N5O9S. The topological polar surface area (TPSA) is 181 Å². The summed E-state index contributed by atoms with van der Waals surface area (Å²) in [5, 5.41) is 6.30. The van der Waals surface area contributed by atoms with Gasteiger partial charge in [-0.05, 0) is 87.9 Å². The number of allylic oxidation sites excluding steroid dienone is 1. The second-order valence-electron chi connectivity index (χ2n) is 15.4. The van der Waals surface area contributed by atoms with Crippen LogP contribution >= 0.6 is 23.2 Å². The number of carbonyl (C=O) groups excluding carboxylic acids is 5. The maximum Gasteiger partial charge on any atom is 0.410 e. The van der Waals surface area contributed by atoms with E-state index in [1.807, 2.05) is 12.1 Å². The number of hydrogen-bond donors (Lipinski definition) is 3. The van der Waals surface area contributed by atoms with Crippen molar-refractivity contribution >= 4 is 63.1 Å². The zero-order valence-corrected chi connectivity index (χ0v) is 33.1. The summed E-state index contributed by atoms with van der Waals surface area (Å²) in [7, 11) is -4.35. The molecule has 5 atom stereocenters. The number of hydrogen-bond acceptors (Lipinski definition) is 9. The van der Waals surface area contributed by atoms with Crippen molar-refractivity contribution in [2.45, 2.75) is 113 Å². The predicted octanol–water partition coefficient (Wildman–Crippen LogP) is 5.21. The second kappa shape index (κ2) is 16.0. The average Bonchev–Trinajstić information content (AvgIpc) is 3.40. The van der Waals surface area contributed by atoms with Crippen LogP contribution < -0.4 is 15.4 Å². The molecule has 1 aliphatic carbocycles. The molecule has 5 amide bonds. The molecule has 1 saturated heterocycles. The zero-order valence-electron chi connectivity index (χ0n) is 30.8. The Morgan fingerprint density at radius 2 is 1.75 bits per heavy atom. The summed E-state index contributed by atoms with van der Waals surface area (Å²) >= 11 is 12.3. The number of halogens is 2. The summed E-state index contributed by atoms with van der Waals surface area (Å²) in [6, 6.07) is 8.36. The van der Waals surface area contributed by atoms with Crippen molar-refractivity contribution in [3.05, 3.63) is 75.8 Å². The molecule has 3 aliphatic heterocycles. The van der Waals surface area contributed by atoms with Gasteiger partial charge in [0.2, 0.25) is 11.8 Å². The van der Waals surface area contributed by atoms with Crippen molar-refractivity contribution in [2.75, 3.05) is 6.54 Å². The number of carbonyl (C=O) groups is 5. The van der Waals surface area contributed by atoms with Crippen LogP contribution in [0.2, 0.25) is 10.0 Å². The summed E-state index contributed by atoms with van der Waals surface area (Å²) in [4.78, 5) is 71.6. The molecule has 0 aromatic heterocycles. The quantitative estimate of drug-likeness (QED) is 0.342. The van der Waals surface area contributed by atoms with Crippen LogP contribution in [0.15, 0.2) is 59.5 Å². The molecule has 2 aromatic carbocycles. The van der Waals surface area contributed by atoms with E-state index in [-0.39, 0.29) is 43.8 Å². The summed E-state index contributed by atoms with van der Waals surface area (Å²) < 4.78 is 40.0. The molecule has 0 radical (unpaired) electrons. The minimum Gasteiger partial charge on any atom is -0.444 e. The zero-order chi connectivity index (χ0) is 39.7. The number of nitrogens with zero attached hydrogens (tertiary/aromatic N) is 2. The molecule has 0 bridgehead atoms. The molecule has 6 rings (SSSR count). The predicted molar refractivity (Wildman–Crippen MR) is 202 cm³/mol. The van der Waals surface area contributed by atoms with Crippen molar-refractivity contribution < 1.29 is 41.9 Å². The normalized spacial score (nSPS) is 26.3. The Hall–Kier alpha value is -4.34. The van der Waals surface area contributed by atoms with Crippen LogP contribution in [0, 0.1) is 5.92 Å². The third-order valence-electron chi connectivity index (χ3n) is 10.1. The minimum absolute atomic E-state index is 0.108. The summed E-state index contributed by atoms with van der Waals surface area (Å²) in [6.07, 6.45) is 4.19. The Morgan fingerprint density at radius 1 is 1.00 bits per heavy atom. The van der Waals surface area contributed by atoms with Crippen molar-refractivity contribution in [1.82, 2.24) is 25.2 Å². The summed E-state index contributed by atoms with van der Waals surface area (Å²) in [6.45, 7) is 5.40. The third-order valence-corrected chi connectivity index (χ3v) is 12.1. The highest BCUT2D eigenvalue weighted by Crippen LogP contribution is 2.46. The molecule has 2 aromatic rings. The molecule has 0 spiro atoms. The lowest BCUT2D eigenvalue weighted by Crippen LogP contribution is -2.58. The summed E-state index contributed by atoms with van der Waals surface area (Å²) in [5.41, 5.74) is -0.805. The first-order chi connectivity index (χ1) is 26.0. The molecule has 0 unspecified atom stereocenters. The van der Waals surface area contributed by atoms with E-state index in [1.165, 1.54) is 34.1 Å². The Morgan fingerprint density at radius 3 is 2.45 bits per heavy atom. The van der Waals surface area contributed by atoms with Gasteiger partial charge in [-0.1, -0.05) is 60.3 Å². The van der Waals surface area contributed by atoms with Gasteiger partial charge in [0, 0.05) is 28.9 Å². The minimum atomic E-state index is -4.35. The largest absolute Gasteiger partial charge is 0.444 e. The maximum absolute atomic E-state index is 14.4. The maximum atomic E-state index is 14.4. The number of ether oxygens (including phenoxy) is 2. The highest BCUT2D eigenvalue weighted by Gasteiger charge is 2.61. The van der Waals surface area contributed by atoms with Gasteiger partial charge >= 0.3 is 12.2 Å². The lowest BCUT2D eigenvalue weighted by atomic mass is 10.0. The third kappa shape index (κ3) is 9.38. The standard InChI is InChI=1S/C38H45Cl2N5O9S/c1-37(2,3)54-35(49)41-30-13-8-6-4-5-7-11-24-19-38(24,34(48)43-55(51,52)27-16-14-25(39)15-17-27)42-32(46)31-18-26(21-45(31)33(30)47)53-36(50)44-20-23-10-9-12-29(40)28(23)22-44/h7,9-12,14-17,24,26,30-31H,4-6,8,13,18-22H2,1-3H3,(H,41,49)(H,42,46)(H,43,48)/b11-7-/t24-,26+,30-,31-,38-/m0/s1. The molecule has 4 aliphatic rings. The van der Waals surface area contributed by atoms with Crippen LogP contribution in [0.5, 0.6) is 0 Å². The van der Waals surface area contributed by atoms with Gasteiger partial charge in [-0.15, -0.1) is 0 Å². The van der Waals surface area contributed by atoms with Crippen LogP contribution in [-0.2, 0) is 47.0 Å². The van der Waals surface area contributed by atoms with Crippen LogP contribution in [0.25, 0.3) is 0 Å². The van der Waals surface area contributed by atoms with Crippen LogP contribution in [0.3, 0.4) is 0 Å². The van der Waals surface area contributed by atoms with E-state index in [2.05, 4.69) is 15.4 Å². The molecule has 1 saturated carbocycles. The van der Waals surface area contributed by atoms with Crippen molar-refractivity contribution in [3.8, 4) is 0 Å². The smallest absolute Gasteiger partial charge is 0.410 e. The highest BCUT2D eigenvalue weighted by molar-refractivity contribution is 7.90. The number of benzene rings is 2. The van der Waals surface area contributed by atoms with Gasteiger partial charge in [-0.25, -0.2) is 22.7 Å². The van der Waals surface area contributed by atoms with Gasteiger partial charge in [-0.3, -0.25) is 19.3 Å². The number of nitrogens with one attached hydrogen (secondary N) is 3. The Bertz CT molecular complexity index is 1990. The average molecular weight is 819 g/mol. The van der Waals surface area contributed by atoms with E-state index in [0.29, 0.717) is 29.3 Å². The fraction of sp³-hybridized carbons (Fsp3) is 0.500. The van der Waals surface area contributed by atoms with Gasteiger partial charge in [0.1, 0.15) is 29.3 Å². The molecule has 55 heavy (non-hydrogen) atoms. The van der Waals surface area contributed by atoms with Crippen LogP contribution in [0.4, 0.5) is 9.59 Å². The van der Waals surface area contributed by atoms with E-state index >= 15 is 0 Å². The molecule has 3 N–H and O–H groups in total. The molecule has 3 heterocycles. The fourth-order valence-electron chi connectivity index (χ4n) is 7.23. The van der Waals surface area contributed by atoms with Gasteiger partial charge in [0.15, 0.2) is 0 Å². The SMILES string of the molecule is CC(C)(C)OC(=O)N[C@H]1CCCCC/C=C\[C@H]2C[C@]2(C(=O)NS(=O)(=O)c2ccc(Cl)cc2)NC(=O)[C@@H]2C[C@@H](OC(=O)N3Cc4cccc(Cl)c4C3)CN2C1=O. The Balaban J connectivity index is 1.26. The van der Waals surface area contributed by atoms with Crippen LogP contribution in [-0.4, -0.2) is 84.0 Å². The summed E-state index contributed by atoms with van der Waals surface area (Å²) in [5.74, 6) is -2.81. The van der Waals surface area contributed by atoms with Crippen molar-refractivity contribution in [2.24, 2.45) is 5.92 Å². The number of rotatable bonds is 5. The van der Waals surface area contributed by atoms with Crippen LogP contribution in [0.1, 0.15) is 76.8 Å². The molecule has 296 valence electrons. The highest BCUT2D eigenvalue weighted by atomic mass is 35.5. The van der Waals surface area contributed by atoms with Gasteiger partial charge in [0.05, 0.1) is 18.0 Å². The first-order valence-electron chi connectivity index (χ1n) is 18.3. The van der Waals surface area contributed by atoms with E-state index < -0.39 is 75.2 Å². The van der Waals surface area contributed by atoms with Gasteiger partial charge in [0.25, 0.3) is 15.9 Å². The molecule has 17 heteroatoms. The number of sulfonamides is 1. The van der Waals surface area contributed by atoms with E-state index in [0.717, 1.165) is 17.5 Å². The lowest BCUT2D eigenvalue weighted by molar-refractivity contribution is -0.141. The molecule has 2 fully saturated rings. The van der Waals surface area contributed by atoms with Crippen molar-refractivity contribution in [3.63, 3.8) is 0 Å².